The Labute approximate surface area is 119 Å². The van der Waals surface area contributed by atoms with Crippen molar-refractivity contribution in [2.45, 2.75) is 32.2 Å². The third kappa shape index (κ3) is 2.65. The number of benzene rings is 1. The summed E-state index contributed by atoms with van der Waals surface area (Å²) in [5, 5.41) is 12.5. The van der Waals surface area contributed by atoms with E-state index in [1.54, 1.807) is 6.07 Å². The Balaban J connectivity index is 1.77. The molecule has 0 spiro atoms. The number of anilines is 1. The van der Waals surface area contributed by atoms with Crippen molar-refractivity contribution >= 4 is 5.82 Å². The number of fused-ring (bicyclic) bond motifs is 1. The molecule has 1 aliphatic carbocycles. The average molecular weight is 263 g/mol. The van der Waals surface area contributed by atoms with E-state index in [4.69, 9.17) is 5.26 Å². The monoisotopic (exact) mass is 263 g/mol. The summed E-state index contributed by atoms with van der Waals surface area (Å²) < 4.78 is 0. The van der Waals surface area contributed by atoms with Crippen LogP contribution in [0.5, 0.6) is 0 Å². The van der Waals surface area contributed by atoms with Gasteiger partial charge in [0.05, 0.1) is 11.6 Å². The molecule has 0 bridgehead atoms. The zero-order chi connectivity index (χ0) is 13.9. The van der Waals surface area contributed by atoms with Crippen molar-refractivity contribution < 1.29 is 0 Å². The maximum Gasteiger partial charge on any atom is 0.127 e. The van der Waals surface area contributed by atoms with Gasteiger partial charge < -0.3 is 5.32 Å². The highest BCUT2D eigenvalue weighted by molar-refractivity contribution is 5.46. The molecule has 1 aromatic heterocycles. The number of pyridine rings is 1. The van der Waals surface area contributed by atoms with E-state index < -0.39 is 0 Å². The van der Waals surface area contributed by atoms with Crippen molar-refractivity contribution in [2.24, 2.45) is 0 Å². The number of hydrogen-bond donors (Lipinski definition) is 1. The van der Waals surface area contributed by atoms with Gasteiger partial charge in [0.1, 0.15) is 5.82 Å². The van der Waals surface area contributed by atoms with Gasteiger partial charge in [0.25, 0.3) is 0 Å². The number of aromatic nitrogens is 1. The van der Waals surface area contributed by atoms with Crippen molar-refractivity contribution in [1.82, 2.24) is 4.98 Å². The molecular formula is C17H17N3. The lowest BCUT2D eigenvalue weighted by atomic mass is 9.88. The van der Waals surface area contributed by atoms with E-state index >= 15 is 0 Å². The van der Waals surface area contributed by atoms with Crippen molar-refractivity contribution in [2.75, 3.05) is 5.32 Å². The molecule has 3 rings (SSSR count). The molecular weight excluding hydrogens is 246 g/mol. The Bertz CT molecular complexity index is 670. The van der Waals surface area contributed by atoms with Gasteiger partial charge in [-0.3, -0.25) is 0 Å². The minimum Gasteiger partial charge on any atom is -0.367 e. The first-order valence-corrected chi connectivity index (χ1v) is 6.97. The van der Waals surface area contributed by atoms with E-state index in [-0.39, 0.29) is 0 Å². The molecule has 3 nitrogen and oxygen atoms in total. The molecule has 0 aliphatic heterocycles. The van der Waals surface area contributed by atoms with Crippen molar-refractivity contribution in [3.8, 4) is 6.07 Å². The Morgan fingerprint density at radius 3 is 2.85 bits per heavy atom. The zero-order valence-electron chi connectivity index (χ0n) is 11.6. The predicted molar refractivity (Wildman–Crippen MR) is 79.6 cm³/mol. The lowest BCUT2D eigenvalue weighted by Crippen LogP contribution is -2.27. The number of nitriles is 1. The maximum absolute atomic E-state index is 9.02. The lowest BCUT2D eigenvalue weighted by Gasteiger charge is -2.26. The summed E-state index contributed by atoms with van der Waals surface area (Å²) in [5.74, 6) is 0.811. The van der Waals surface area contributed by atoms with Crippen LogP contribution < -0.4 is 5.32 Å². The van der Waals surface area contributed by atoms with Crippen LogP contribution in [0, 0.1) is 18.3 Å². The summed E-state index contributed by atoms with van der Waals surface area (Å²) >= 11 is 0. The Morgan fingerprint density at radius 2 is 2.05 bits per heavy atom. The molecule has 2 aromatic rings. The number of nitrogens with one attached hydrogen (secondary N) is 1. The summed E-state index contributed by atoms with van der Waals surface area (Å²) in [5.41, 5.74) is 4.42. The molecule has 0 saturated carbocycles. The molecule has 1 aromatic carbocycles. The number of hydrogen-bond acceptors (Lipinski definition) is 3. The standard InChI is InChI=1S/C17H17N3/c1-12-8-13(11-18)9-17(19-12)20-16-7-6-14-4-2-3-5-15(14)10-16/h2-5,8-9,16H,6-7,10H2,1H3,(H,19,20). The Kier molecular flexibility index (Phi) is 3.39. The molecule has 0 amide bonds. The van der Waals surface area contributed by atoms with Gasteiger partial charge in [0.2, 0.25) is 0 Å². The summed E-state index contributed by atoms with van der Waals surface area (Å²) in [7, 11) is 0. The van der Waals surface area contributed by atoms with Gasteiger partial charge in [0.15, 0.2) is 0 Å². The first-order valence-electron chi connectivity index (χ1n) is 6.97. The fraction of sp³-hybridized carbons (Fsp3) is 0.294. The molecule has 3 heteroatoms. The second kappa shape index (κ2) is 5.34. The van der Waals surface area contributed by atoms with E-state index in [9.17, 15) is 0 Å². The summed E-state index contributed by atoms with van der Waals surface area (Å²) in [6.07, 6.45) is 3.23. The van der Waals surface area contributed by atoms with E-state index in [1.165, 1.54) is 11.1 Å². The number of rotatable bonds is 2. The van der Waals surface area contributed by atoms with Crippen LogP contribution in [0.1, 0.15) is 28.8 Å². The molecule has 1 unspecified atom stereocenters. The fourth-order valence-electron chi connectivity index (χ4n) is 2.84. The molecule has 0 radical (unpaired) electrons. The van der Waals surface area contributed by atoms with Crippen LogP contribution in [0.25, 0.3) is 0 Å². The molecule has 1 heterocycles. The topological polar surface area (TPSA) is 48.7 Å². The molecule has 0 fully saturated rings. The lowest BCUT2D eigenvalue weighted by molar-refractivity contribution is 0.608. The summed E-state index contributed by atoms with van der Waals surface area (Å²) in [6.45, 7) is 1.92. The normalized spacial score (nSPS) is 17.1. The maximum atomic E-state index is 9.02. The summed E-state index contributed by atoms with van der Waals surface area (Å²) in [6, 6.07) is 14.8. The van der Waals surface area contributed by atoms with Crippen LogP contribution in [0.3, 0.4) is 0 Å². The van der Waals surface area contributed by atoms with Crippen LogP contribution in [-0.2, 0) is 12.8 Å². The zero-order valence-corrected chi connectivity index (χ0v) is 11.6. The van der Waals surface area contributed by atoms with Crippen molar-refractivity contribution in [3.05, 3.63) is 58.8 Å². The Hall–Kier alpha value is -2.34. The van der Waals surface area contributed by atoms with Gasteiger partial charge in [-0.1, -0.05) is 24.3 Å². The molecule has 100 valence electrons. The van der Waals surface area contributed by atoms with Crippen LogP contribution in [0.2, 0.25) is 0 Å². The highest BCUT2D eigenvalue weighted by atomic mass is 15.0. The number of nitrogens with zero attached hydrogens (tertiary/aromatic N) is 2. The van der Waals surface area contributed by atoms with Crippen LogP contribution in [0.4, 0.5) is 5.82 Å². The molecule has 20 heavy (non-hydrogen) atoms. The second-order valence-corrected chi connectivity index (χ2v) is 5.35. The van der Waals surface area contributed by atoms with Gasteiger partial charge in [0, 0.05) is 11.7 Å². The summed E-state index contributed by atoms with van der Waals surface area (Å²) in [4.78, 5) is 4.47. The Morgan fingerprint density at radius 1 is 1.25 bits per heavy atom. The average Bonchev–Trinajstić information content (AvgIpc) is 2.46. The highest BCUT2D eigenvalue weighted by Gasteiger charge is 2.18. The smallest absolute Gasteiger partial charge is 0.127 e. The first kappa shape index (κ1) is 12.7. The SMILES string of the molecule is Cc1cc(C#N)cc(NC2CCc3ccccc3C2)n1. The van der Waals surface area contributed by atoms with Crippen LogP contribution in [-0.4, -0.2) is 11.0 Å². The van der Waals surface area contributed by atoms with E-state index in [1.807, 2.05) is 13.0 Å². The minimum absolute atomic E-state index is 0.394. The molecule has 0 saturated heterocycles. The highest BCUT2D eigenvalue weighted by Crippen LogP contribution is 2.23. The van der Waals surface area contributed by atoms with Crippen LogP contribution >= 0.6 is 0 Å². The van der Waals surface area contributed by atoms with Gasteiger partial charge in [-0.05, 0) is 49.4 Å². The van der Waals surface area contributed by atoms with Crippen molar-refractivity contribution in [3.63, 3.8) is 0 Å². The minimum atomic E-state index is 0.394. The molecule has 1 N–H and O–H groups in total. The quantitative estimate of drug-likeness (QED) is 0.905. The van der Waals surface area contributed by atoms with Crippen molar-refractivity contribution in [1.29, 1.82) is 5.26 Å². The third-order valence-corrected chi connectivity index (χ3v) is 3.78. The van der Waals surface area contributed by atoms with Gasteiger partial charge in [-0.2, -0.15) is 5.26 Å². The van der Waals surface area contributed by atoms with Crippen LogP contribution in [0.15, 0.2) is 36.4 Å². The number of aryl methyl sites for hydroxylation is 2. The van der Waals surface area contributed by atoms with Gasteiger partial charge in [-0.15, -0.1) is 0 Å². The van der Waals surface area contributed by atoms with Gasteiger partial charge >= 0.3 is 0 Å². The second-order valence-electron chi connectivity index (χ2n) is 5.35. The van der Waals surface area contributed by atoms with E-state index in [2.05, 4.69) is 40.6 Å². The van der Waals surface area contributed by atoms with Gasteiger partial charge in [-0.25, -0.2) is 4.98 Å². The van der Waals surface area contributed by atoms with E-state index in [0.29, 0.717) is 11.6 Å². The molecule has 1 atom stereocenters. The first-order chi connectivity index (χ1) is 9.74. The van der Waals surface area contributed by atoms with E-state index in [0.717, 1.165) is 30.8 Å². The largest absolute Gasteiger partial charge is 0.367 e. The predicted octanol–water partition coefficient (Wildman–Crippen LogP) is 3.23. The third-order valence-electron chi connectivity index (χ3n) is 3.78. The fourth-order valence-corrected chi connectivity index (χ4v) is 2.84. The molecule has 1 aliphatic rings.